The van der Waals surface area contributed by atoms with Crippen LogP contribution in [-0.4, -0.2) is 15.0 Å². The van der Waals surface area contributed by atoms with Gasteiger partial charge in [0.2, 0.25) is 0 Å². The fourth-order valence-electron chi connectivity index (χ4n) is 4.37. The molecule has 2 aromatic heterocycles. The fraction of sp³-hybridized carbons (Fsp3) is 0.650. The third-order valence-electron chi connectivity index (χ3n) is 6.47. The Labute approximate surface area is 153 Å². The smallest absolute Gasteiger partial charge is 0.150 e. The standard InChI is InChI=1S/C20H26N4S/c1-19(17-5-3-2-4-6-17,9-7-16-8-12-25-14-16)18-13-24(23-22-18)20(15-21)10-11-20/h8,12-14,17H,2-7,9-11H2,1H3/t19-/m0/s1. The van der Waals surface area contributed by atoms with E-state index in [-0.39, 0.29) is 5.41 Å². The summed E-state index contributed by atoms with van der Waals surface area (Å²) in [6, 6.07) is 4.66. The van der Waals surface area contributed by atoms with Crippen molar-refractivity contribution in [3.8, 4) is 6.07 Å². The second-order valence-electron chi connectivity index (χ2n) is 8.08. The molecule has 0 radical (unpaired) electrons. The molecule has 2 saturated carbocycles. The zero-order valence-electron chi connectivity index (χ0n) is 14.9. The summed E-state index contributed by atoms with van der Waals surface area (Å²) in [6.45, 7) is 2.38. The maximum atomic E-state index is 9.46. The van der Waals surface area contributed by atoms with E-state index in [9.17, 15) is 5.26 Å². The van der Waals surface area contributed by atoms with E-state index in [1.165, 1.54) is 37.7 Å². The Morgan fingerprint density at radius 2 is 2.16 bits per heavy atom. The Morgan fingerprint density at radius 1 is 1.36 bits per heavy atom. The van der Waals surface area contributed by atoms with Crippen molar-refractivity contribution in [2.45, 2.75) is 75.7 Å². The number of hydrogen-bond donors (Lipinski definition) is 0. The topological polar surface area (TPSA) is 54.5 Å². The number of nitriles is 1. The molecular formula is C20H26N4S. The molecule has 2 heterocycles. The van der Waals surface area contributed by atoms with Crippen molar-refractivity contribution in [2.24, 2.45) is 5.92 Å². The molecule has 0 aromatic carbocycles. The van der Waals surface area contributed by atoms with Crippen molar-refractivity contribution in [1.29, 1.82) is 5.26 Å². The van der Waals surface area contributed by atoms with Crippen LogP contribution < -0.4 is 0 Å². The van der Waals surface area contributed by atoms with Gasteiger partial charge in [-0.15, -0.1) is 5.10 Å². The molecule has 0 unspecified atom stereocenters. The largest absolute Gasteiger partial charge is 0.232 e. The van der Waals surface area contributed by atoms with E-state index in [2.05, 4.69) is 46.3 Å². The van der Waals surface area contributed by atoms with E-state index in [0.717, 1.165) is 31.4 Å². The predicted octanol–water partition coefficient (Wildman–Crippen LogP) is 4.82. The predicted molar refractivity (Wildman–Crippen MR) is 99.4 cm³/mol. The van der Waals surface area contributed by atoms with Crippen molar-refractivity contribution >= 4 is 11.3 Å². The number of thiophene rings is 1. The van der Waals surface area contributed by atoms with Gasteiger partial charge in [0.15, 0.2) is 5.54 Å². The molecule has 0 aliphatic heterocycles. The third kappa shape index (κ3) is 3.13. The van der Waals surface area contributed by atoms with Crippen LogP contribution >= 0.6 is 11.3 Å². The van der Waals surface area contributed by atoms with Gasteiger partial charge in [0.1, 0.15) is 0 Å². The van der Waals surface area contributed by atoms with Gasteiger partial charge < -0.3 is 0 Å². The highest BCUT2D eigenvalue weighted by Crippen LogP contribution is 2.46. The van der Waals surface area contributed by atoms with E-state index in [4.69, 9.17) is 0 Å². The molecule has 0 saturated heterocycles. The average molecular weight is 355 g/mol. The summed E-state index contributed by atoms with van der Waals surface area (Å²) in [5.74, 6) is 0.669. The van der Waals surface area contributed by atoms with Gasteiger partial charge in [-0.2, -0.15) is 16.6 Å². The zero-order chi connectivity index (χ0) is 17.3. The maximum absolute atomic E-state index is 9.46. The highest BCUT2D eigenvalue weighted by molar-refractivity contribution is 7.07. The first kappa shape index (κ1) is 16.8. The first-order valence-electron chi connectivity index (χ1n) is 9.52. The molecule has 5 heteroatoms. The van der Waals surface area contributed by atoms with Crippen LogP contribution in [0.3, 0.4) is 0 Å². The molecule has 132 valence electrons. The molecule has 2 aliphatic carbocycles. The van der Waals surface area contributed by atoms with Gasteiger partial charge >= 0.3 is 0 Å². The number of aryl methyl sites for hydroxylation is 1. The lowest BCUT2D eigenvalue weighted by atomic mass is 9.65. The summed E-state index contributed by atoms with van der Waals surface area (Å²) >= 11 is 1.77. The monoisotopic (exact) mass is 354 g/mol. The van der Waals surface area contributed by atoms with E-state index < -0.39 is 5.54 Å². The lowest BCUT2D eigenvalue weighted by molar-refractivity contribution is 0.201. The average Bonchev–Trinajstić information content (AvgIpc) is 3.05. The summed E-state index contributed by atoms with van der Waals surface area (Å²) in [5, 5.41) is 22.8. The lowest BCUT2D eigenvalue weighted by Gasteiger charge is -2.38. The number of hydrogen-bond acceptors (Lipinski definition) is 4. The minimum atomic E-state index is -0.411. The van der Waals surface area contributed by atoms with Crippen molar-refractivity contribution in [3.05, 3.63) is 34.3 Å². The van der Waals surface area contributed by atoms with Gasteiger partial charge in [-0.3, -0.25) is 0 Å². The molecule has 2 fully saturated rings. The van der Waals surface area contributed by atoms with Crippen LogP contribution in [0.15, 0.2) is 23.0 Å². The van der Waals surface area contributed by atoms with Crippen LogP contribution in [0, 0.1) is 17.2 Å². The molecule has 4 nitrogen and oxygen atoms in total. The molecule has 2 aromatic rings. The Morgan fingerprint density at radius 3 is 2.80 bits per heavy atom. The van der Waals surface area contributed by atoms with Gasteiger partial charge in [0.05, 0.1) is 18.0 Å². The van der Waals surface area contributed by atoms with Crippen LogP contribution in [-0.2, 0) is 17.4 Å². The summed E-state index contributed by atoms with van der Waals surface area (Å²) in [7, 11) is 0. The van der Waals surface area contributed by atoms with Crippen LogP contribution in [0.5, 0.6) is 0 Å². The maximum Gasteiger partial charge on any atom is 0.150 e. The second kappa shape index (κ2) is 6.57. The van der Waals surface area contributed by atoms with Crippen LogP contribution in [0.25, 0.3) is 0 Å². The minimum Gasteiger partial charge on any atom is -0.232 e. The SMILES string of the molecule is C[C@@](CCc1ccsc1)(c1cn(C2(C#N)CC2)nn1)C1CCCCC1. The molecular weight excluding hydrogens is 328 g/mol. The summed E-state index contributed by atoms with van der Waals surface area (Å²) < 4.78 is 1.84. The van der Waals surface area contributed by atoms with Gasteiger partial charge in [0.25, 0.3) is 0 Å². The molecule has 1 atom stereocenters. The van der Waals surface area contributed by atoms with E-state index >= 15 is 0 Å². The van der Waals surface area contributed by atoms with E-state index in [1.54, 1.807) is 11.3 Å². The van der Waals surface area contributed by atoms with Crippen molar-refractivity contribution in [3.63, 3.8) is 0 Å². The molecule has 2 aliphatic rings. The quantitative estimate of drug-likeness (QED) is 0.747. The van der Waals surface area contributed by atoms with Gasteiger partial charge in [-0.1, -0.05) is 31.4 Å². The van der Waals surface area contributed by atoms with Crippen LogP contribution in [0.1, 0.15) is 69.5 Å². The molecule has 4 rings (SSSR count). The highest BCUT2D eigenvalue weighted by Gasteiger charge is 2.48. The van der Waals surface area contributed by atoms with Gasteiger partial charge in [-0.05, 0) is 66.8 Å². The Bertz CT molecular complexity index is 747. The van der Waals surface area contributed by atoms with E-state index in [0.29, 0.717) is 5.92 Å². The second-order valence-corrected chi connectivity index (χ2v) is 8.86. The Balaban J connectivity index is 1.61. The first-order valence-corrected chi connectivity index (χ1v) is 10.5. The third-order valence-corrected chi connectivity index (χ3v) is 7.20. The number of aromatic nitrogens is 3. The molecule has 25 heavy (non-hydrogen) atoms. The summed E-state index contributed by atoms with van der Waals surface area (Å²) in [4.78, 5) is 0. The summed E-state index contributed by atoms with van der Waals surface area (Å²) in [5.41, 5.74) is 2.16. The Kier molecular flexibility index (Phi) is 4.41. The van der Waals surface area contributed by atoms with Crippen molar-refractivity contribution in [1.82, 2.24) is 15.0 Å². The lowest BCUT2D eigenvalue weighted by Crippen LogP contribution is -2.34. The zero-order valence-corrected chi connectivity index (χ0v) is 15.8. The fourth-order valence-corrected chi connectivity index (χ4v) is 5.07. The molecule has 0 N–H and O–H groups in total. The van der Waals surface area contributed by atoms with Crippen LogP contribution in [0.4, 0.5) is 0 Å². The molecule has 0 spiro atoms. The van der Waals surface area contributed by atoms with Crippen molar-refractivity contribution < 1.29 is 0 Å². The highest BCUT2D eigenvalue weighted by atomic mass is 32.1. The van der Waals surface area contributed by atoms with Crippen molar-refractivity contribution in [2.75, 3.05) is 0 Å². The van der Waals surface area contributed by atoms with Crippen LogP contribution in [0.2, 0.25) is 0 Å². The first-order chi connectivity index (χ1) is 12.2. The molecule has 0 bridgehead atoms. The number of nitrogens with zero attached hydrogens (tertiary/aromatic N) is 4. The number of rotatable bonds is 6. The minimum absolute atomic E-state index is 0.0478. The Hall–Kier alpha value is -1.67. The van der Waals surface area contributed by atoms with Gasteiger partial charge in [-0.25, -0.2) is 4.68 Å². The van der Waals surface area contributed by atoms with Gasteiger partial charge in [0, 0.05) is 5.41 Å². The summed E-state index contributed by atoms with van der Waals surface area (Å²) in [6.07, 6.45) is 12.7. The molecule has 0 amide bonds. The normalized spacial score (nSPS) is 22.2. The van der Waals surface area contributed by atoms with E-state index in [1.807, 2.05) is 4.68 Å².